The van der Waals surface area contributed by atoms with Crippen molar-refractivity contribution in [2.24, 2.45) is 11.7 Å². The standard InChI is InChI=1S/C15H24N2O3S/c1-11-15(9-13(10-16)20-11)21(18,19)17-8-4-6-12-5-2-3-7-14(12)17/h9,12,14H,2-8,10,16H2,1H3. The molecule has 0 bridgehead atoms. The molecule has 3 rings (SSSR count). The van der Waals surface area contributed by atoms with Crippen LogP contribution < -0.4 is 5.73 Å². The molecule has 0 spiro atoms. The van der Waals surface area contributed by atoms with Gasteiger partial charge in [0.1, 0.15) is 16.4 Å². The van der Waals surface area contributed by atoms with Crippen LogP contribution in [0.15, 0.2) is 15.4 Å². The SMILES string of the molecule is Cc1oc(CN)cc1S(=O)(=O)N1CCCC2CCCCC21. The van der Waals surface area contributed by atoms with E-state index in [9.17, 15) is 8.42 Å². The van der Waals surface area contributed by atoms with Gasteiger partial charge < -0.3 is 10.2 Å². The molecule has 21 heavy (non-hydrogen) atoms. The van der Waals surface area contributed by atoms with Crippen LogP contribution in [-0.2, 0) is 16.6 Å². The third-order valence-electron chi connectivity index (χ3n) is 4.90. The number of nitrogens with zero attached hydrogens (tertiary/aromatic N) is 1. The normalized spacial score (nSPS) is 27.5. The van der Waals surface area contributed by atoms with Crippen molar-refractivity contribution in [1.29, 1.82) is 0 Å². The molecule has 1 saturated heterocycles. The molecule has 2 aliphatic rings. The minimum absolute atomic E-state index is 0.174. The number of aryl methyl sites for hydroxylation is 1. The molecule has 2 N–H and O–H groups in total. The lowest BCUT2D eigenvalue weighted by atomic mass is 9.79. The van der Waals surface area contributed by atoms with Gasteiger partial charge in [-0.2, -0.15) is 4.31 Å². The summed E-state index contributed by atoms with van der Waals surface area (Å²) >= 11 is 0. The summed E-state index contributed by atoms with van der Waals surface area (Å²) in [7, 11) is -3.47. The van der Waals surface area contributed by atoms with Crippen molar-refractivity contribution in [2.45, 2.75) is 62.9 Å². The number of rotatable bonds is 3. The Morgan fingerprint density at radius 1 is 1.29 bits per heavy atom. The average Bonchev–Trinajstić information content (AvgIpc) is 2.88. The van der Waals surface area contributed by atoms with E-state index in [0.29, 0.717) is 28.9 Å². The minimum Gasteiger partial charge on any atom is -0.464 e. The summed E-state index contributed by atoms with van der Waals surface area (Å²) in [6, 6.07) is 1.77. The van der Waals surface area contributed by atoms with Gasteiger partial charge in [0.15, 0.2) is 0 Å². The van der Waals surface area contributed by atoms with Crippen molar-refractivity contribution >= 4 is 10.0 Å². The third-order valence-corrected chi connectivity index (χ3v) is 6.94. The van der Waals surface area contributed by atoms with Gasteiger partial charge in [-0.15, -0.1) is 0 Å². The topological polar surface area (TPSA) is 76.5 Å². The molecule has 1 aromatic rings. The molecule has 0 radical (unpaired) electrons. The second-order valence-electron chi connectivity index (χ2n) is 6.21. The van der Waals surface area contributed by atoms with Gasteiger partial charge in [-0.05, 0) is 38.5 Å². The summed E-state index contributed by atoms with van der Waals surface area (Å²) in [5.74, 6) is 1.51. The molecule has 1 saturated carbocycles. The van der Waals surface area contributed by atoms with Gasteiger partial charge >= 0.3 is 0 Å². The quantitative estimate of drug-likeness (QED) is 0.929. The maximum absolute atomic E-state index is 13.0. The lowest BCUT2D eigenvalue weighted by Gasteiger charge is -2.43. The van der Waals surface area contributed by atoms with Crippen LogP contribution >= 0.6 is 0 Å². The number of hydrogen-bond donors (Lipinski definition) is 1. The summed E-state index contributed by atoms with van der Waals surface area (Å²) in [6.07, 6.45) is 6.64. The largest absolute Gasteiger partial charge is 0.464 e. The third kappa shape index (κ3) is 2.64. The van der Waals surface area contributed by atoms with Crippen LogP contribution in [0, 0.1) is 12.8 Å². The summed E-state index contributed by atoms with van der Waals surface area (Å²) in [5.41, 5.74) is 5.56. The summed E-state index contributed by atoms with van der Waals surface area (Å²) < 4.78 is 33.2. The van der Waals surface area contributed by atoms with Crippen molar-refractivity contribution in [1.82, 2.24) is 4.31 Å². The predicted molar refractivity (Wildman–Crippen MR) is 80.2 cm³/mol. The van der Waals surface area contributed by atoms with Crippen LogP contribution in [0.1, 0.15) is 50.0 Å². The molecule has 2 unspecified atom stereocenters. The van der Waals surface area contributed by atoms with E-state index < -0.39 is 10.0 Å². The molecular formula is C15H24N2O3S. The maximum atomic E-state index is 13.0. The fraction of sp³-hybridized carbons (Fsp3) is 0.733. The Hall–Kier alpha value is -0.850. The predicted octanol–water partition coefficient (Wildman–Crippen LogP) is 2.39. The van der Waals surface area contributed by atoms with E-state index in [1.807, 2.05) is 0 Å². The van der Waals surface area contributed by atoms with Crippen molar-refractivity contribution in [3.8, 4) is 0 Å². The average molecular weight is 312 g/mol. The number of fused-ring (bicyclic) bond motifs is 1. The smallest absolute Gasteiger partial charge is 0.246 e. The number of furan rings is 1. The lowest BCUT2D eigenvalue weighted by molar-refractivity contribution is 0.129. The fourth-order valence-electron chi connectivity index (χ4n) is 3.88. The number of nitrogens with two attached hydrogens (primary N) is 1. The van der Waals surface area contributed by atoms with Crippen molar-refractivity contribution in [2.75, 3.05) is 6.54 Å². The Morgan fingerprint density at radius 2 is 2.00 bits per heavy atom. The van der Waals surface area contributed by atoms with Crippen LogP contribution in [0.4, 0.5) is 0 Å². The molecule has 118 valence electrons. The van der Waals surface area contributed by atoms with E-state index in [1.165, 1.54) is 6.42 Å². The lowest BCUT2D eigenvalue weighted by Crippen LogP contribution is -2.49. The highest BCUT2D eigenvalue weighted by Crippen LogP contribution is 2.38. The fourth-order valence-corrected chi connectivity index (χ4v) is 5.83. The molecule has 2 atom stereocenters. The Bertz CT molecular complexity index is 606. The summed E-state index contributed by atoms with van der Waals surface area (Å²) in [6.45, 7) is 2.56. The van der Waals surface area contributed by atoms with Gasteiger partial charge in [0.25, 0.3) is 0 Å². The zero-order chi connectivity index (χ0) is 15.0. The van der Waals surface area contributed by atoms with E-state index in [1.54, 1.807) is 17.3 Å². The minimum atomic E-state index is -3.47. The Labute approximate surface area is 126 Å². The number of piperidine rings is 1. The first-order valence-electron chi connectivity index (χ1n) is 7.85. The van der Waals surface area contributed by atoms with Gasteiger partial charge in [0, 0.05) is 18.7 Å². The zero-order valence-corrected chi connectivity index (χ0v) is 13.4. The van der Waals surface area contributed by atoms with E-state index in [-0.39, 0.29) is 12.6 Å². The highest BCUT2D eigenvalue weighted by molar-refractivity contribution is 7.89. The summed E-state index contributed by atoms with van der Waals surface area (Å²) in [5, 5.41) is 0. The van der Waals surface area contributed by atoms with Crippen molar-refractivity contribution in [3.05, 3.63) is 17.6 Å². The van der Waals surface area contributed by atoms with Gasteiger partial charge in [-0.3, -0.25) is 0 Å². The zero-order valence-electron chi connectivity index (χ0n) is 12.5. The monoisotopic (exact) mass is 312 g/mol. The Kier molecular flexibility index (Phi) is 4.12. The molecule has 1 aliphatic carbocycles. The molecule has 5 nitrogen and oxygen atoms in total. The molecule has 1 aliphatic heterocycles. The molecule has 0 amide bonds. The van der Waals surface area contributed by atoms with Gasteiger partial charge in [-0.25, -0.2) is 8.42 Å². The second kappa shape index (κ2) is 5.74. The van der Waals surface area contributed by atoms with E-state index in [4.69, 9.17) is 10.2 Å². The second-order valence-corrected chi connectivity index (χ2v) is 8.07. The molecule has 2 heterocycles. The molecule has 0 aromatic carbocycles. The van der Waals surface area contributed by atoms with Crippen LogP contribution in [0.5, 0.6) is 0 Å². The van der Waals surface area contributed by atoms with Crippen LogP contribution in [0.3, 0.4) is 0 Å². The maximum Gasteiger partial charge on any atom is 0.246 e. The number of hydrogen-bond acceptors (Lipinski definition) is 4. The first-order valence-corrected chi connectivity index (χ1v) is 9.29. The highest BCUT2D eigenvalue weighted by Gasteiger charge is 2.41. The first kappa shape index (κ1) is 15.1. The Balaban J connectivity index is 1.94. The summed E-state index contributed by atoms with van der Waals surface area (Å²) in [4.78, 5) is 0.300. The molecule has 1 aromatic heterocycles. The van der Waals surface area contributed by atoms with Crippen LogP contribution in [-0.4, -0.2) is 25.3 Å². The molecule has 2 fully saturated rings. The van der Waals surface area contributed by atoms with E-state index >= 15 is 0 Å². The highest BCUT2D eigenvalue weighted by atomic mass is 32.2. The van der Waals surface area contributed by atoms with Crippen LogP contribution in [0.2, 0.25) is 0 Å². The van der Waals surface area contributed by atoms with Gasteiger partial charge in [0.2, 0.25) is 10.0 Å². The van der Waals surface area contributed by atoms with E-state index in [0.717, 1.165) is 32.1 Å². The number of sulfonamides is 1. The van der Waals surface area contributed by atoms with Crippen LogP contribution in [0.25, 0.3) is 0 Å². The van der Waals surface area contributed by atoms with Gasteiger partial charge in [0.05, 0.1) is 6.54 Å². The van der Waals surface area contributed by atoms with Gasteiger partial charge in [-0.1, -0.05) is 12.8 Å². The Morgan fingerprint density at radius 3 is 2.71 bits per heavy atom. The van der Waals surface area contributed by atoms with Crippen molar-refractivity contribution in [3.63, 3.8) is 0 Å². The van der Waals surface area contributed by atoms with Crippen molar-refractivity contribution < 1.29 is 12.8 Å². The molecule has 6 heteroatoms. The first-order chi connectivity index (χ1) is 10.0. The molecular weight excluding hydrogens is 288 g/mol. The van der Waals surface area contributed by atoms with E-state index in [2.05, 4.69) is 0 Å².